The Kier molecular flexibility index (Phi) is 11.1. The van der Waals surface area contributed by atoms with Crippen LogP contribution >= 0.6 is 0 Å². The smallest absolute Gasteiger partial charge is 0.339 e. The third-order valence-electron chi connectivity index (χ3n) is 12.6. The first kappa shape index (κ1) is 37.2. The maximum Gasteiger partial charge on any atom is 0.339 e. The highest BCUT2D eigenvalue weighted by Crippen LogP contribution is 2.67. The zero-order valence-corrected chi connectivity index (χ0v) is 29.7. The van der Waals surface area contributed by atoms with E-state index in [0.29, 0.717) is 23.7 Å². The van der Waals surface area contributed by atoms with E-state index >= 15 is 0 Å². The number of esters is 5. The standard InChI is InChI=1S/C36H52O13/c1-18(37)45-23-12-14-35(5)22(16-23)8-9-24-25-10-11-27(36(25,6)15-13-26(24)35)28(41)17-44-34-32(48-21(4)40)30(47-20(3)39)29(46-19(2)38)31(49-34)33(42)43-7/h22-27,29-32,34H,8-17H2,1-7H3. The van der Waals surface area contributed by atoms with Crippen molar-refractivity contribution in [2.24, 2.45) is 40.4 Å². The average Bonchev–Trinajstić information content (AvgIpc) is 3.38. The Balaban J connectivity index is 1.30. The van der Waals surface area contributed by atoms with Gasteiger partial charge in [0.25, 0.3) is 0 Å². The van der Waals surface area contributed by atoms with Crippen LogP contribution in [0, 0.1) is 40.4 Å². The Morgan fingerprint density at radius 3 is 1.90 bits per heavy atom. The molecule has 5 fully saturated rings. The van der Waals surface area contributed by atoms with Crippen LogP contribution in [0.3, 0.4) is 0 Å². The fourth-order valence-corrected chi connectivity index (χ4v) is 10.6. The summed E-state index contributed by atoms with van der Waals surface area (Å²) in [6.07, 6.45) is 1.17. The van der Waals surface area contributed by atoms with Gasteiger partial charge in [-0.05, 0) is 92.3 Å². The third kappa shape index (κ3) is 7.38. The first-order valence-corrected chi connectivity index (χ1v) is 17.7. The van der Waals surface area contributed by atoms with Gasteiger partial charge in [0.05, 0.1) is 7.11 Å². The lowest BCUT2D eigenvalue weighted by Gasteiger charge is -2.61. The predicted octanol–water partition coefficient (Wildman–Crippen LogP) is 3.86. The zero-order valence-electron chi connectivity index (χ0n) is 29.7. The zero-order chi connectivity index (χ0) is 35.8. The van der Waals surface area contributed by atoms with Crippen LogP contribution in [0.1, 0.15) is 99.3 Å². The normalized spacial score (nSPS) is 41.2. The first-order chi connectivity index (χ1) is 23.1. The minimum atomic E-state index is -1.59. The molecule has 0 aromatic heterocycles. The predicted molar refractivity (Wildman–Crippen MR) is 169 cm³/mol. The fraction of sp³-hybridized carbons (Fsp3) is 0.833. The van der Waals surface area contributed by atoms with Crippen molar-refractivity contribution in [3.63, 3.8) is 0 Å². The van der Waals surface area contributed by atoms with Crippen LogP contribution in [0.4, 0.5) is 0 Å². The molecule has 0 bridgehead atoms. The SMILES string of the molecule is COC(=O)C1OC(OCC(=O)C2CCC3C4CCC5CC(OC(C)=O)CCC5(C)C4CCC23C)C(OC(C)=O)C(OC(C)=O)C1OC(C)=O. The molecular weight excluding hydrogens is 640 g/mol. The first-order valence-electron chi connectivity index (χ1n) is 17.7. The molecule has 0 N–H and O–H groups in total. The minimum Gasteiger partial charge on any atom is -0.467 e. The van der Waals surface area contributed by atoms with E-state index in [1.807, 2.05) is 0 Å². The summed E-state index contributed by atoms with van der Waals surface area (Å²) in [6, 6.07) is 0. The van der Waals surface area contributed by atoms with E-state index in [1.165, 1.54) is 6.92 Å². The molecule has 4 aliphatic carbocycles. The lowest BCUT2D eigenvalue weighted by atomic mass is 9.44. The van der Waals surface area contributed by atoms with Gasteiger partial charge in [-0.1, -0.05) is 13.8 Å². The van der Waals surface area contributed by atoms with E-state index in [-0.39, 0.29) is 41.2 Å². The Morgan fingerprint density at radius 2 is 1.27 bits per heavy atom. The number of hydrogen-bond donors (Lipinski definition) is 0. The molecule has 0 amide bonds. The number of carbonyl (C=O) groups is 6. The minimum absolute atomic E-state index is 0.00259. The van der Waals surface area contributed by atoms with E-state index in [4.69, 9.17) is 33.2 Å². The molecule has 1 saturated heterocycles. The molecule has 13 atom stereocenters. The summed E-state index contributed by atoms with van der Waals surface area (Å²) in [4.78, 5) is 74.7. The van der Waals surface area contributed by atoms with Gasteiger partial charge < -0.3 is 33.2 Å². The maximum absolute atomic E-state index is 14.0. The van der Waals surface area contributed by atoms with Gasteiger partial charge in [-0.2, -0.15) is 0 Å². The van der Waals surface area contributed by atoms with Crippen molar-refractivity contribution in [1.29, 1.82) is 0 Å². The molecule has 13 heteroatoms. The second kappa shape index (κ2) is 14.7. The molecular formula is C36H52O13. The molecule has 0 spiro atoms. The lowest BCUT2D eigenvalue weighted by molar-refractivity contribution is -0.300. The number of ketones is 1. The van der Waals surface area contributed by atoms with Crippen molar-refractivity contribution >= 4 is 35.6 Å². The van der Waals surface area contributed by atoms with Gasteiger partial charge in [-0.15, -0.1) is 0 Å². The molecule has 1 aliphatic heterocycles. The van der Waals surface area contributed by atoms with Crippen molar-refractivity contribution in [3.05, 3.63) is 0 Å². The quantitative estimate of drug-likeness (QED) is 0.253. The van der Waals surface area contributed by atoms with Crippen LogP contribution in [0.15, 0.2) is 0 Å². The van der Waals surface area contributed by atoms with Crippen LogP contribution in [0.25, 0.3) is 0 Å². The number of carbonyl (C=O) groups excluding carboxylic acids is 6. The largest absolute Gasteiger partial charge is 0.467 e. The number of hydrogen-bond acceptors (Lipinski definition) is 13. The average molecular weight is 693 g/mol. The number of ether oxygens (including phenoxy) is 7. The fourth-order valence-electron chi connectivity index (χ4n) is 10.6. The number of rotatable bonds is 9. The van der Waals surface area contributed by atoms with E-state index < -0.39 is 54.6 Å². The Bertz CT molecular complexity index is 1310. The second-order valence-electron chi connectivity index (χ2n) is 15.3. The van der Waals surface area contributed by atoms with Gasteiger partial charge >= 0.3 is 29.8 Å². The molecule has 5 aliphatic rings. The Labute approximate surface area is 287 Å². The van der Waals surface area contributed by atoms with Crippen molar-refractivity contribution in [3.8, 4) is 0 Å². The highest BCUT2D eigenvalue weighted by Gasteiger charge is 2.62. The second-order valence-corrected chi connectivity index (χ2v) is 15.3. The summed E-state index contributed by atoms with van der Waals surface area (Å²) in [5.74, 6) is -1.88. The summed E-state index contributed by atoms with van der Waals surface area (Å²) in [5.41, 5.74) is -0.0213. The van der Waals surface area contributed by atoms with Gasteiger partial charge in [-0.3, -0.25) is 24.0 Å². The molecule has 0 radical (unpaired) electrons. The summed E-state index contributed by atoms with van der Waals surface area (Å²) in [6.45, 7) is 9.12. The highest BCUT2D eigenvalue weighted by atomic mass is 16.7. The summed E-state index contributed by atoms with van der Waals surface area (Å²) in [5, 5.41) is 0. The van der Waals surface area contributed by atoms with Crippen LogP contribution < -0.4 is 0 Å². The van der Waals surface area contributed by atoms with Gasteiger partial charge in [0, 0.05) is 33.6 Å². The molecule has 13 nitrogen and oxygen atoms in total. The van der Waals surface area contributed by atoms with Crippen LogP contribution in [0.5, 0.6) is 0 Å². The van der Waals surface area contributed by atoms with E-state index in [2.05, 4.69) is 13.8 Å². The summed E-state index contributed by atoms with van der Waals surface area (Å²) < 4.78 is 38.5. The van der Waals surface area contributed by atoms with Gasteiger partial charge in [0.1, 0.15) is 12.7 Å². The molecule has 49 heavy (non-hydrogen) atoms. The van der Waals surface area contributed by atoms with Crippen LogP contribution in [-0.4, -0.2) is 86.2 Å². The monoisotopic (exact) mass is 692 g/mol. The number of methoxy groups -OCH3 is 1. The van der Waals surface area contributed by atoms with E-state index in [0.717, 1.165) is 85.7 Å². The molecule has 274 valence electrons. The van der Waals surface area contributed by atoms with Gasteiger partial charge in [0.15, 0.2) is 36.5 Å². The molecule has 0 aromatic carbocycles. The molecule has 13 unspecified atom stereocenters. The summed E-state index contributed by atoms with van der Waals surface area (Å²) >= 11 is 0. The van der Waals surface area contributed by atoms with Crippen molar-refractivity contribution in [1.82, 2.24) is 0 Å². The topological polar surface area (TPSA) is 167 Å². The Hall–Kier alpha value is -3.06. The number of Topliss-reactive ketones (excluding diaryl/α,β-unsaturated/α-hetero) is 1. The Morgan fingerprint density at radius 1 is 0.673 bits per heavy atom. The van der Waals surface area contributed by atoms with E-state index in [1.54, 1.807) is 0 Å². The number of fused-ring (bicyclic) bond motifs is 5. The van der Waals surface area contributed by atoms with Gasteiger partial charge in [0.2, 0.25) is 0 Å². The maximum atomic E-state index is 14.0. The lowest BCUT2D eigenvalue weighted by Crippen LogP contribution is -2.64. The highest BCUT2D eigenvalue weighted by molar-refractivity contribution is 5.83. The van der Waals surface area contributed by atoms with Crippen LogP contribution in [-0.2, 0) is 61.9 Å². The van der Waals surface area contributed by atoms with Crippen molar-refractivity contribution < 1.29 is 61.9 Å². The van der Waals surface area contributed by atoms with E-state index in [9.17, 15) is 28.8 Å². The molecule has 0 aromatic rings. The van der Waals surface area contributed by atoms with Crippen molar-refractivity contribution in [2.45, 2.75) is 136 Å². The summed E-state index contributed by atoms with van der Waals surface area (Å²) in [7, 11) is 1.11. The molecule has 4 saturated carbocycles. The van der Waals surface area contributed by atoms with Crippen LogP contribution in [0.2, 0.25) is 0 Å². The third-order valence-corrected chi connectivity index (χ3v) is 12.6. The van der Waals surface area contributed by atoms with Gasteiger partial charge in [-0.25, -0.2) is 4.79 Å². The molecule has 1 heterocycles. The van der Waals surface area contributed by atoms with Crippen molar-refractivity contribution in [2.75, 3.05) is 13.7 Å². The molecule has 5 rings (SSSR count).